The molecule has 24 heavy (non-hydrogen) atoms. The number of anilines is 1. The fourth-order valence-electron chi connectivity index (χ4n) is 2.59. The molecule has 5 nitrogen and oxygen atoms in total. The standard InChI is InChI=1S/C19H20N2O3/c1-13-2-4-14(5-3-13)11-18(22)20-9-8-15-6-7-17-16(10-15)21-19(23)12-24-17/h2-7,10H,8-9,11-12H2,1H3,(H,20,22)(H,21,23). The molecule has 2 amide bonds. The predicted molar refractivity (Wildman–Crippen MR) is 92.2 cm³/mol. The maximum Gasteiger partial charge on any atom is 0.262 e. The Labute approximate surface area is 141 Å². The topological polar surface area (TPSA) is 67.4 Å². The van der Waals surface area contributed by atoms with E-state index in [0.717, 1.165) is 11.1 Å². The molecule has 3 rings (SSSR count). The minimum absolute atomic E-state index is 0.00782. The second-order valence-electron chi connectivity index (χ2n) is 5.93. The highest BCUT2D eigenvalue weighted by molar-refractivity contribution is 5.95. The molecule has 0 spiro atoms. The van der Waals surface area contributed by atoms with Gasteiger partial charge in [0.15, 0.2) is 6.61 Å². The number of carbonyl (C=O) groups is 2. The molecule has 0 aliphatic carbocycles. The number of fused-ring (bicyclic) bond motifs is 1. The second kappa shape index (κ2) is 7.17. The quantitative estimate of drug-likeness (QED) is 0.886. The first-order chi connectivity index (χ1) is 11.6. The molecule has 1 aliphatic rings. The summed E-state index contributed by atoms with van der Waals surface area (Å²) in [6.45, 7) is 2.63. The van der Waals surface area contributed by atoms with Gasteiger partial charge in [-0.2, -0.15) is 0 Å². The molecular formula is C19H20N2O3. The van der Waals surface area contributed by atoms with Crippen molar-refractivity contribution in [2.24, 2.45) is 0 Å². The number of amides is 2. The van der Waals surface area contributed by atoms with Gasteiger partial charge in [-0.05, 0) is 36.6 Å². The van der Waals surface area contributed by atoms with Crippen LogP contribution in [-0.4, -0.2) is 25.0 Å². The van der Waals surface area contributed by atoms with Crippen LogP contribution in [0.15, 0.2) is 42.5 Å². The molecule has 124 valence electrons. The molecule has 1 aliphatic heterocycles. The van der Waals surface area contributed by atoms with Gasteiger partial charge >= 0.3 is 0 Å². The molecule has 0 saturated heterocycles. The summed E-state index contributed by atoms with van der Waals surface area (Å²) in [4.78, 5) is 23.3. The molecule has 0 aromatic heterocycles. The number of hydrogen-bond donors (Lipinski definition) is 2. The van der Waals surface area contributed by atoms with Gasteiger partial charge in [-0.3, -0.25) is 9.59 Å². The number of aryl methyl sites for hydroxylation is 1. The SMILES string of the molecule is Cc1ccc(CC(=O)NCCc2ccc3c(c2)NC(=O)CO3)cc1. The first-order valence-electron chi connectivity index (χ1n) is 7.98. The normalized spacial score (nSPS) is 12.8. The van der Waals surface area contributed by atoms with Crippen LogP contribution in [0.5, 0.6) is 5.75 Å². The molecule has 0 fully saturated rings. The van der Waals surface area contributed by atoms with E-state index in [2.05, 4.69) is 10.6 Å². The third-order valence-corrected chi connectivity index (χ3v) is 3.90. The molecule has 0 radical (unpaired) electrons. The summed E-state index contributed by atoms with van der Waals surface area (Å²) < 4.78 is 5.33. The maximum absolute atomic E-state index is 12.0. The maximum atomic E-state index is 12.0. The van der Waals surface area contributed by atoms with Crippen LogP contribution in [0.2, 0.25) is 0 Å². The van der Waals surface area contributed by atoms with Crippen LogP contribution < -0.4 is 15.4 Å². The molecule has 0 saturated carbocycles. The average molecular weight is 324 g/mol. The fourth-order valence-corrected chi connectivity index (χ4v) is 2.59. The van der Waals surface area contributed by atoms with Crippen LogP contribution in [-0.2, 0) is 22.4 Å². The van der Waals surface area contributed by atoms with Gasteiger partial charge in [-0.25, -0.2) is 0 Å². The number of rotatable bonds is 5. The smallest absolute Gasteiger partial charge is 0.262 e. The van der Waals surface area contributed by atoms with Gasteiger partial charge in [0.05, 0.1) is 12.1 Å². The van der Waals surface area contributed by atoms with E-state index in [1.54, 1.807) is 0 Å². The summed E-state index contributed by atoms with van der Waals surface area (Å²) in [5.74, 6) is 0.543. The minimum atomic E-state index is -0.147. The minimum Gasteiger partial charge on any atom is -0.482 e. The van der Waals surface area contributed by atoms with Crippen molar-refractivity contribution < 1.29 is 14.3 Å². The lowest BCUT2D eigenvalue weighted by molar-refractivity contribution is -0.120. The summed E-state index contributed by atoms with van der Waals surface area (Å²) in [6.07, 6.45) is 1.08. The number of nitrogens with one attached hydrogen (secondary N) is 2. The largest absolute Gasteiger partial charge is 0.482 e. The van der Waals surface area contributed by atoms with Gasteiger partial charge < -0.3 is 15.4 Å². The van der Waals surface area contributed by atoms with Crippen LogP contribution in [0, 0.1) is 6.92 Å². The highest BCUT2D eigenvalue weighted by atomic mass is 16.5. The molecule has 2 aromatic rings. The first kappa shape index (κ1) is 16.1. The third kappa shape index (κ3) is 4.13. The van der Waals surface area contributed by atoms with Gasteiger partial charge in [0.2, 0.25) is 5.91 Å². The summed E-state index contributed by atoms with van der Waals surface area (Å²) >= 11 is 0. The fraction of sp³-hybridized carbons (Fsp3) is 0.263. The summed E-state index contributed by atoms with van der Waals surface area (Å²) in [6, 6.07) is 13.6. The van der Waals surface area contributed by atoms with Crippen LogP contribution >= 0.6 is 0 Å². The van der Waals surface area contributed by atoms with E-state index in [9.17, 15) is 9.59 Å². The van der Waals surface area contributed by atoms with Gasteiger partial charge in [0.25, 0.3) is 5.91 Å². The Bertz CT molecular complexity index is 754. The first-order valence-corrected chi connectivity index (χ1v) is 7.98. The lowest BCUT2D eigenvalue weighted by Gasteiger charge is -2.18. The number of carbonyl (C=O) groups excluding carboxylic acids is 2. The Hall–Kier alpha value is -2.82. The second-order valence-corrected chi connectivity index (χ2v) is 5.93. The summed E-state index contributed by atoms with van der Waals surface area (Å²) in [5.41, 5.74) is 3.92. The van der Waals surface area contributed by atoms with Crippen molar-refractivity contribution in [3.05, 3.63) is 59.2 Å². The van der Waals surface area contributed by atoms with Crippen LogP contribution in [0.25, 0.3) is 0 Å². The van der Waals surface area contributed by atoms with Crippen molar-refractivity contribution >= 4 is 17.5 Å². The van der Waals surface area contributed by atoms with Crippen molar-refractivity contribution in [2.45, 2.75) is 19.8 Å². The van der Waals surface area contributed by atoms with Gasteiger partial charge in [-0.15, -0.1) is 0 Å². The highest BCUT2D eigenvalue weighted by Crippen LogP contribution is 2.28. The summed E-state index contributed by atoms with van der Waals surface area (Å²) in [7, 11) is 0. The van der Waals surface area contributed by atoms with Crippen LogP contribution in [0.3, 0.4) is 0 Å². The number of ether oxygens (including phenoxy) is 1. The van der Waals surface area contributed by atoms with E-state index in [1.807, 2.05) is 49.4 Å². The van der Waals surface area contributed by atoms with Gasteiger partial charge in [-0.1, -0.05) is 35.9 Å². The van der Waals surface area contributed by atoms with E-state index in [0.29, 0.717) is 30.8 Å². The summed E-state index contributed by atoms with van der Waals surface area (Å²) in [5, 5.41) is 5.71. The van der Waals surface area contributed by atoms with E-state index >= 15 is 0 Å². The Morgan fingerprint density at radius 1 is 1.17 bits per heavy atom. The zero-order chi connectivity index (χ0) is 16.9. The highest BCUT2D eigenvalue weighted by Gasteiger charge is 2.15. The van der Waals surface area contributed by atoms with E-state index in [-0.39, 0.29) is 18.4 Å². The Morgan fingerprint density at radius 3 is 2.71 bits per heavy atom. The van der Waals surface area contributed by atoms with Crippen molar-refractivity contribution in [2.75, 3.05) is 18.5 Å². The zero-order valence-electron chi connectivity index (χ0n) is 13.6. The Balaban J connectivity index is 1.49. The number of benzene rings is 2. The van der Waals surface area contributed by atoms with Crippen molar-refractivity contribution in [1.82, 2.24) is 5.32 Å². The lowest BCUT2D eigenvalue weighted by atomic mass is 10.1. The van der Waals surface area contributed by atoms with E-state index in [1.165, 1.54) is 5.56 Å². The van der Waals surface area contributed by atoms with Crippen molar-refractivity contribution in [1.29, 1.82) is 0 Å². The zero-order valence-corrected chi connectivity index (χ0v) is 13.6. The van der Waals surface area contributed by atoms with Crippen LogP contribution in [0.1, 0.15) is 16.7 Å². The van der Waals surface area contributed by atoms with Gasteiger partial charge in [0.1, 0.15) is 5.75 Å². The molecule has 5 heteroatoms. The Morgan fingerprint density at radius 2 is 1.92 bits per heavy atom. The van der Waals surface area contributed by atoms with E-state index in [4.69, 9.17) is 4.74 Å². The van der Waals surface area contributed by atoms with Crippen molar-refractivity contribution in [3.63, 3.8) is 0 Å². The number of hydrogen-bond acceptors (Lipinski definition) is 3. The lowest BCUT2D eigenvalue weighted by Crippen LogP contribution is -2.27. The van der Waals surface area contributed by atoms with Crippen LogP contribution in [0.4, 0.5) is 5.69 Å². The third-order valence-electron chi connectivity index (χ3n) is 3.90. The molecule has 2 aromatic carbocycles. The molecule has 0 atom stereocenters. The molecule has 1 heterocycles. The molecule has 0 bridgehead atoms. The van der Waals surface area contributed by atoms with Gasteiger partial charge in [0, 0.05) is 6.54 Å². The van der Waals surface area contributed by atoms with E-state index < -0.39 is 0 Å². The molecule has 0 unspecified atom stereocenters. The molecular weight excluding hydrogens is 304 g/mol. The predicted octanol–water partition coefficient (Wildman–Crippen LogP) is 2.23. The monoisotopic (exact) mass is 324 g/mol. The molecule has 2 N–H and O–H groups in total. The Kier molecular flexibility index (Phi) is 4.79. The van der Waals surface area contributed by atoms with Crippen molar-refractivity contribution in [3.8, 4) is 5.75 Å². The average Bonchev–Trinajstić information content (AvgIpc) is 2.56.